The summed E-state index contributed by atoms with van der Waals surface area (Å²) in [5.74, 6) is 0.859. The Morgan fingerprint density at radius 1 is 0.842 bits per heavy atom. The van der Waals surface area contributed by atoms with Crippen molar-refractivity contribution >= 4 is 0 Å². The molecule has 108 valence electrons. The van der Waals surface area contributed by atoms with E-state index in [0.29, 0.717) is 16.9 Å². The Bertz CT molecular complexity index is 332. The van der Waals surface area contributed by atoms with Crippen LogP contribution in [0.5, 0.6) is 0 Å². The maximum Gasteiger partial charge on any atom is 0.0610 e. The Labute approximate surface area is 116 Å². The first-order valence-electron chi connectivity index (χ1n) is 8.33. The lowest BCUT2D eigenvalue weighted by molar-refractivity contribution is 0.0517. The minimum atomic E-state index is 0.508. The summed E-state index contributed by atoms with van der Waals surface area (Å²) in [7, 11) is 0. The summed E-state index contributed by atoms with van der Waals surface area (Å²) in [6, 6.07) is 0. The number of hydrogen-bond acceptors (Lipinski definition) is 3. The van der Waals surface area contributed by atoms with Crippen molar-refractivity contribution in [2.24, 2.45) is 16.7 Å². The Kier molecular flexibility index (Phi) is 3.13. The Morgan fingerprint density at radius 3 is 2.42 bits per heavy atom. The van der Waals surface area contributed by atoms with E-state index in [2.05, 4.69) is 10.6 Å². The normalized spacial score (nSPS) is 45.5. The quantitative estimate of drug-likeness (QED) is 0.759. The summed E-state index contributed by atoms with van der Waals surface area (Å²) in [6.07, 6.45) is 10.4. The second-order valence-electron chi connectivity index (χ2n) is 7.73. The molecular weight excluding hydrogens is 236 g/mol. The van der Waals surface area contributed by atoms with E-state index in [-0.39, 0.29) is 0 Å². The second-order valence-corrected chi connectivity index (χ2v) is 7.73. The Balaban J connectivity index is 1.39. The molecule has 3 heterocycles. The van der Waals surface area contributed by atoms with Crippen molar-refractivity contribution in [3.8, 4) is 0 Å². The van der Waals surface area contributed by atoms with E-state index in [1.165, 1.54) is 71.1 Å². The van der Waals surface area contributed by atoms with Crippen molar-refractivity contribution in [3.05, 3.63) is 0 Å². The molecule has 3 atom stereocenters. The minimum absolute atomic E-state index is 0.508. The summed E-state index contributed by atoms with van der Waals surface area (Å²) in [5, 5.41) is 7.06. The van der Waals surface area contributed by atoms with E-state index in [9.17, 15) is 0 Å². The largest absolute Gasteiger partial charge is 0.377 e. The average molecular weight is 264 g/mol. The van der Waals surface area contributed by atoms with Gasteiger partial charge in [0, 0.05) is 12.0 Å². The zero-order chi connectivity index (χ0) is 12.8. The van der Waals surface area contributed by atoms with E-state index >= 15 is 0 Å². The van der Waals surface area contributed by atoms with Crippen LogP contribution in [0, 0.1) is 16.7 Å². The van der Waals surface area contributed by atoms with Crippen molar-refractivity contribution in [1.82, 2.24) is 10.6 Å². The highest BCUT2D eigenvalue weighted by atomic mass is 16.5. The molecule has 2 spiro atoms. The van der Waals surface area contributed by atoms with Crippen LogP contribution in [0.4, 0.5) is 0 Å². The highest BCUT2D eigenvalue weighted by molar-refractivity contribution is 5.00. The third-order valence-electron chi connectivity index (χ3n) is 6.50. The summed E-state index contributed by atoms with van der Waals surface area (Å²) >= 11 is 0. The highest BCUT2D eigenvalue weighted by Gasteiger charge is 2.48. The molecule has 1 aliphatic carbocycles. The van der Waals surface area contributed by atoms with Crippen molar-refractivity contribution in [3.63, 3.8) is 0 Å². The average Bonchev–Trinajstić information content (AvgIpc) is 3.14. The number of rotatable bonds is 1. The maximum absolute atomic E-state index is 6.25. The van der Waals surface area contributed by atoms with E-state index in [0.717, 1.165) is 12.5 Å². The molecule has 4 fully saturated rings. The molecule has 0 aromatic heterocycles. The topological polar surface area (TPSA) is 33.3 Å². The number of nitrogens with one attached hydrogen (secondary N) is 2. The monoisotopic (exact) mass is 264 g/mol. The van der Waals surface area contributed by atoms with Gasteiger partial charge in [0.05, 0.1) is 12.7 Å². The molecule has 4 aliphatic rings. The van der Waals surface area contributed by atoms with Crippen LogP contribution in [0.25, 0.3) is 0 Å². The van der Waals surface area contributed by atoms with E-state index < -0.39 is 0 Å². The van der Waals surface area contributed by atoms with Gasteiger partial charge in [-0.25, -0.2) is 0 Å². The van der Waals surface area contributed by atoms with Crippen LogP contribution in [0.15, 0.2) is 0 Å². The molecule has 0 amide bonds. The third-order valence-corrected chi connectivity index (χ3v) is 6.50. The van der Waals surface area contributed by atoms with Gasteiger partial charge in [-0.15, -0.1) is 0 Å². The predicted octanol–water partition coefficient (Wildman–Crippen LogP) is 1.92. The molecule has 4 rings (SSSR count). The van der Waals surface area contributed by atoms with Gasteiger partial charge in [-0.2, -0.15) is 0 Å². The fourth-order valence-electron chi connectivity index (χ4n) is 5.20. The molecule has 0 aromatic carbocycles. The van der Waals surface area contributed by atoms with E-state index in [1.807, 2.05) is 0 Å². The van der Waals surface area contributed by atoms with Crippen LogP contribution in [-0.2, 0) is 4.74 Å². The number of hydrogen-bond donors (Lipinski definition) is 2. The molecule has 3 nitrogen and oxygen atoms in total. The molecule has 0 bridgehead atoms. The van der Waals surface area contributed by atoms with E-state index in [4.69, 9.17) is 4.74 Å². The van der Waals surface area contributed by atoms with Gasteiger partial charge in [-0.05, 0) is 75.9 Å². The predicted molar refractivity (Wildman–Crippen MR) is 76.2 cm³/mol. The van der Waals surface area contributed by atoms with Gasteiger partial charge in [0.2, 0.25) is 0 Å². The fraction of sp³-hybridized carbons (Fsp3) is 1.00. The third kappa shape index (κ3) is 2.24. The number of piperidine rings is 1. The molecule has 3 heteroatoms. The lowest BCUT2D eigenvalue weighted by Gasteiger charge is -2.34. The van der Waals surface area contributed by atoms with Gasteiger partial charge < -0.3 is 15.4 Å². The molecule has 19 heavy (non-hydrogen) atoms. The molecule has 3 aliphatic heterocycles. The minimum Gasteiger partial charge on any atom is -0.377 e. The van der Waals surface area contributed by atoms with Gasteiger partial charge in [0.1, 0.15) is 0 Å². The highest BCUT2D eigenvalue weighted by Crippen LogP contribution is 2.52. The fourth-order valence-corrected chi connectivity index (χ4v) is 5.20. The van der Waals surface area contributed by atoms with Gasteiger partial charge in [0.15, 0.2) is 0 Å². The molecule has 1 saturated carbocycles. The standard InChI is InChI=1S/C16H28N2O/c1-2-15(3-6-17-7-4-15)9-13(1)14-10-16(12-19-14)5-8-18-11-16/h13-14,17-18H,1-12H2. The van der Waals surface area contributed by atoms with E-state index in [1.54, 1.807) is 0 Å². The van der Waals surface area contributed by atoms with Crippen molar-refractivity contribution in [2.45, 2.75) is 51.0 Å². The lowest BCUT2D eigenvalue weighted by Crippen LogP contribution is -2.35. The van der Waals surface area contributed by atoms with Gasteiger partial charge >= 0.3 is 0 Å². The van der Waals surface area contributed by atoms with Crippen LogP contribution in [-0.4, -0.2) is 38.9 Å². The van der Waals surface area contributed by atoms with Crippen LogP contribution in [0.2, 0.25) is 0 Å². The molecule has 3 unspecified atom stereocenters. The summed E-state index contributed by atoms with van der Waals surface area (Å²) < 4.78 is 6.25. The Morgan fingerprint density at radius 2 is 1.63 bits per heavy atom. The first-order chi connectivity index (χ1) is 9.29. The maximum atomic E-state index is 6.25. The molecule has 0 radical (unpaired) electrons. The second kappa shape index (κ2) is 4.71. The molecule has 2 N–H and O–H groups in total. The zero-order valence-corrected chi connectivity index (χ0v) is 12.0. The van der Waals surface area contributed by atoms with Crippen LogP contribution < -0.4 is 10.6 Å². The molecule has 3 saturated heterocycles. The first-order valence-corrected chi connectivity index (χ1v) is 8.33. The molecular formula is C16H28N2O. The van der Waals surface area contributed by atoms with Gasteiger partial charge in [0.25, 0.3) is 0 Å². The van der Waals surface area contributed by atoms with Gasteiger partial charge in [-0.1, -0.05) is 0 Å². The van der Waals surface area contributed by atoms with Crippen LogP contribution in [0.1, 0.15) is 44.9 Å². The van der Waals surface area contributed by atoms with Crippen molar-refractivity contribution in [2.75, 3.05) is 32.8 Å². The summed E-state index contributed by atoms with van der Waals surface area (Å²) in [4.78, 5) is 0. The van der Waals surface area contributed by atoms with Crippen LogP contribution >= 0.6 is 0 Å². The van der Waals surface area contributed by atoms with Crippen LogP contribution in [0.3, 0.4) is 0 Å². The number of ether oxygens (including phenoxy) is 1. The smallest absolute Gasteiger partial charge is 0.0610 e. The van der Waals surface area contributed by atoms with Crippen molar-refractivity contribution < 1.29 is 4.74 Å². The summed E-state index contributed by atoms with van der Waals surface area (Å²) in [6.45, 7) is 5.91. The first kappa shape index (κ1) is 12.6. The zero-order valence-electron chi connectivity index (χ0n) is 12.0. The lowest BCUT2D eigenvalue weighted by atomic mass is 9.75. The molecule has 0 aromatic rings. The SMILES string of the molecule is C1CC2(CCN1)CCC(C1CC3(CCNC3)CO1)C2. The van der Waals surface area contributed by atoms with Crippen molar-refractivity contribution in [1.29, 1.82) is 0 Å². The van der Waals surface area contributed by atoms with Gasteiger partial charge in [-0.3, -0.25) is 0 Å². The summed E-state index contributed by atoms with van der Waals surface area (Å²) in [5.41, 5.74) is 1.19. The Hall–Kier alpha value is -0.120.